The Kier molecular flexibility index (Phi) is 7.23. The van der Waals surface area contributed by atoms with Gasteiger partial charge in [-0.15, -0.1) is 13.2 Å². The second kappa shape index (κ2) is 10.9. The fourth-order valence-electron chi connectivity index (χ4n) is 4.37. The monoisotopic (exact) mass is 532 g/mol. The summed E-state index contributed by atoms with van der Waals surface area (Å²) in [4.78, 5) is 15.8. The maximum atomic E-state index is 12.6. The molecule has 1 N–H and O–H groups in total. The molecule has 0 unspecified atom stereocenters. The van der Waals surface area contributed by atoms with Crippen LogP contribution < -0.4 is 9.47 Å². The lowest BCUT2D eigenvalue weighted by Gasteiger charge is -2.15. The Labute approximate surface area is 221 Å². The summed E-state index contributed by atoms with van der Waals surface area (Å²) in [6.45, 7) is 0.702. The predicted octanol–water partition coefficient (Wildman–Crippen LogP) is 6.86. The molecule has 0 aliphatic rings. The molecule has 0 spiro atoms. The van der Waals surface area contributed by atoms with Crippen molar-refractivity contribution in [2.75, 3.05) is 0 Å². The summed E-state index contributed by atoms with van der Waals surface area (Å²) in [5.74, 6) is -0.0439. The first-order valence-electron chi connectivity index (χ1n) is 12.1. The Hall–Kier alpha value is -4.79. The molecule has 0 bridgehead atoms. The van der Waals surface area contributed by atoms with Crippen LogP contribution in [0.3, 0.4) is 0 Å². The van der Waals surface area contributed by atoms with Crippen LogP contribution in [-0.2, 0) is 24.4 Å². The normalized spacial score (nSPS) is 11.5. The lowest BCUT2D eigenvalue weighted by Crippen LogP contribution is -2.17. The quantitative estimate of drug-likeness (QED) is 0.225. The largest absolute Gasteiger partial charge is 0.573 e. The van der Waals surface area contributed by atoms with Crippen molar-refractivity contribution in [2.24, 2.45) is 0 Å². The number of para-hydroxylation sites is 2. The van der Waals surface area contributed by atoms with E-state index < -0.39 is 12.3 Å². The lowest BCUT2D eigenvalue weighted by molar-refractivity contribution is -0.274. The maximum absolute atomic E-state index is 12.6. The number of benzene rings is 4. The summed E-state index contributed by atoms with van der Waals surface area (Å²) in [5, 5.41) is 9.06. The van der Waals surface area contributed by atoms with Crippen LogP contribution in [-0.4, -0.2) is 27.0 Å². The van der Waals surface area contributed by atoms with Gasteiger partial charge in [0.1, 0.15) is 23.9 Å². The maximum Gasteiger partial charge on any atom is 0.573 e. The molecule has 198 valence electrons. The van der Waals surface area contributed by atoms with Crippen molar-refractivity contribution in [2.45, 2.75) is 25.9 Å². The lowest BCUT2D eigenvalue weighted by atomic mass is 10.1. The molecule has 4 aromatic carbocycles. The minimum Gasteiger partial charge on any atom is -0.489 e. The summed E-state index contributed by atoms with van der Waals surface area (Å²) in [7, 11) is 0. The first-order valence-corrected chi connectivity index (χ1v) is 12.1. The number of hydrogen-bond acceptors (Lipinski definition) is 4. The van der Waals surface area contributed by atoms with E-state index in [-0.39, 0.29) is 18.8 Å². The number of carbonyl (C=O) groups is 1. The van der Waals surface area contributed by atoms with E-state index in [1.165, 1.54) is 12.1 Å². The van der Waals surface area contributed by atoms with Crippen LogP contribution in [0, 0.1) is 0 Å². The highest BCUT2D eigenvalue weighted by molar-refractivity contribution is 5.81. The number of imidazole rings is 1. The summed E-state index contributed by atoms with van der Waals surface area (Å²) in [6, 6.07) is 28.0. The Bertz CT molecular complexity index is 1610. The number of alkyl halides is 3. The van der Waals surface area contributed by atoms with Crippen molar-refractivity contribution in [3.8, 4) is 22.9 Å². The number of rotatable bonds is 9. The minimum absolute atomic E-state index is 0.0897. The zero-order valence-electron chi connectivity index (χ0n) is 20.6. The van der Waals surface area contributed by atoms with Crippen LogP contribution in [0.25, 0.3) is 22.4 Å². The van der Waals surface area contributed by atoms with Crippen molar-refractivity contribution in [3.05, 3.63) is 114 Å². The summed E-state index contributed by atoms with van der Waals surface area (Å²) in [6.07, 6.45) is -4.86. The molecule has 0 saturated carbocycles. The van der Waals surface area contributed by atoms with E-state index in [2.05, 4.69) is 4.74 Å². The van der Waals surface area contributed by atoms with Crippen molar-refractivity contribution >= 4 is 17.0 Å². The predicted molar refractivity (Wildman–Crippen MR) is 140 cm³/mol. The minimum atomic E-state index is -4.77. The smallest absolute Gasteiger partial charge is 0.489 e. The average Bonchev–Trinajstić information content (AvgIpc) is 3.26. The van der Waals surface area contributed by atoms with E-state index in [1.807, 2.05) is 53.1 Å². The van der Waals surface area contributed by atoms with Crippen LogP contribution in [0.5, 0.6) is 11.5 Å². The van der Waals surface area contributed by atoms with E-state index >= 15 is 0 Å². The number of fused-ring (bicyclic) bond motifs is 1. The number of halogens is 3. The SMILES string of the molecule is O=C(O)Cc1cccc(OCc2ccccc2Cn2c(-c3ccc(OC(F)(F)F)cc3)nc3ccccc32)c1. The molecule has 5 rings (SSSR count). The van der Waals surface area contributed by atoms with Crippen LogP contribution in [0.4, 0.5) is 13.2 Å². The number of carboxylic acids is 1. The molecule has 5 aromatic rings. The summed E-state index contributed by atoms with van der Waals surface area (Å²) >= 11 is 0. The summed E-state index contributed by atoms with van der Waals surface area (Å²) in [5.41, 5.74) is 4.82. The molecule has 0 saturated heterocycles. The molecular weight excluding hydrogens is 509 g/mol. The zero-order valence-corrected chi connectivity index (χ0v) is 20.6. The van der Waals surface area contributed by atoms with Crippen LogP contribution >= 0.6 is 0 Å². The van der Waals surface area contributed by atoms with E-state index in [0.29, 0.717) is 29.2 Å². The molecule has 0 fully saturated rings. The van der Waals surface area contributed by atoms with E-state index in [0.717, 1.165) is 22.2 Å². The molecular formula is C30H23F3N2O4. The number of carboxylic acid groups (broad SMARTS) is 1. The third-order valence-corrected chi connectivity index (χ3v) is 6.10. The zero-order chi connectivity index (χ0) is 27.4. The molecule has 0 amide bonds. The fourth-order valence-corrected chi connectivity index (χ4v) is 4.37. The number of aliphatic carboxylic acids is 1. The molecule has 0 aliphatic heterocycles. The third-order valence-electron chi connectivity index (χ3n) is 6.10. The molecule has 1 aromatic heterocycles. The van der Waals surface area contributed by atoms with Gasteiger partial charge < -0.3 is 19.1 Å². The van der Waals surface area contributed by atoms with Gasteiger partial charge in [0.25, 0.3) is 0 Å². The average molecular weight is 533 g/mol. The molecule has 39 heavy (non-hydrogen) atoms. The molecule has 0 radical (unpaired) electrons. The molecule has 6 nitrogen and oxygen atoms in total. The molecule has 9 heteroatoms. The second-order valence-electron chi connectivity index (χ2n) is 8.86. The van der Waals surface area contributed by atoms with Gasteiger partial charge in [0.2, 0.25) is 0 Å². The Balaban J connectivity index is 1.43. The van der Waals surface area contributed by atoms with Gasteiger partial charge in [0.15, 0.2) is 0 Å². The molecule has 0 aliphatic carbocycles. The van der Waals surface area contributed by atoms with Crippen molar-refractivity contribution in [1.29, 1.82) is 0 Å². The van der Waals surface area contributed by atoms with Gasteiger partial charge in [-0.2, -0.15) is 0 Å². The Morgan fingerprint density at radius 2 is 1.56 bits per heavy atom. The van der Waals surface area contributed by atoms with E-state index in [4.69, 9.17) is 14.8 Å². The number of hydrogen-bond donors (Lipinski definition) is 1. The van der Waals surface area contributed by atoms with Crippen LogP contribution in [0.15, 0.2) is 97.1 Å². The van der Waals surface area contributed by atoms with Gasteiger partial charge >= 0.3 is 12.3 Å². The van der Waals surface area contributed by atoms with Gasteiger partial charge in [-0.25, -0.2) is 4.98 Å². The summed E-state index contributed by atoms with van der Waals surface area (Å²) < 4.78 is 49.9. The Morgan fingerprint density at radius 1 is 0.846 bits per heavy atom. The van der Waals surface area contributed by atoms with Crippen molar-refractivity contribution in [3.63, 3.8) is 0 Å². The number of nitrogens with zero attached hydrogens (tertiary/aromatic N) is 2. The van der Waals surface area contributed by atoms with Gasteiger partial charge in [-0.1, -0.05) is 48.5 Å². The van der Waals surface area contributed by atoms with Crippen LogP contribution in [0.1, 0.15) is 16.7 Å². The van der Waals surface area contributed by atoms with Crippen molar-refractivity contribution < 1.29 is 32.5 Å². The van der Waals surface area contributed by atoms with Gasteiger partial charge in [-0.3, -0.25) is 4.79 Å². The van der Waals surface area contributed by atoms with Crippen molar-refractivity contribution in [1.82, 2.24) is 9.55 Å². The highest BCUT2D eigenvalue weighted by Gasteiger charge is 2.31. The highest BCUT2D eigenvalue weighted by atomic mass is 19.4. The van der Waals surface area contributed by atoms with Gasteiger partial charge in [0.05, 0.1) is 24.0 Å². The molecule has 1 heterocycles. The first kappa shape index (κ1) is 25.8. The Morgan fingerprint density at radius 3 is 2.31 bits per heavy atom. The third kappa shape index (κ3) is 6.38. The van der Waals surface area contributed by atoms with Crippen LogP contribution in [0.2, 0.25) is 0 Å². The fraction of sp³-hybridized carbons (Fsp3) is 0.133. The van der Waals surface area contributed by atoms with E-state index in [9.17, 15) is 18.0 Å². The molecule has 0 atom stereocenters. The van der Waals surface area contributed by atoms with Gasteiger partial charge in [-0.05, 0) is 65.2 Å². The first-order chi connectivity index (χ1) is 18.7. The number of ether oxygens (including phenoxy) is 2. The van der Waals surface area contributed by atoms with Gasteiger partial charge in [0, 0.05) is 5.56 Å². The standard InChI is InChI=1S/C30H23F3N2O4/c31-30(32,33)39-24-14-12-21(13-15-24)29-34-26-10-3-4-11-27(26)35(29)18-22-7-1-2-8-23(22)19-38-25-9-5-6-20(16-25)17-28(36)37/h1-16H,17-19H2,(H,36,37). The van der Waals surface area contributed by atoms with E-state index in [1.54, 1.807) is 36.4 Å². The number of aromatic nitrogens is 2. The second-order valence-corrected chi connectivity index (χ2v) is 8.86. The topological polar surface area (TPSA) is 73.6 Å². The highest BCUT2D eigenvalue weighted by Crippen LogP contribution is 2.30.